The van der Waals surface area contributed by atoms with E-state index < -0.39 is 11.7 Å². The van der Waals surface area contributed by atoms with Crippen LogP contribution in [-0.2, 0) is 13.2 Å². The molecule has 2 heterocycles. The second-order valence-corrected chi connectivity index (χ2v) is 6.53. The highest BCUT2D eigenvalue weighted by Gasteiger charge is 2.32. The van der Waals surface area contributed by atoms with Crippen LogP contribution in [0.15, 0.2) is 54.7 Å². The minimum Gasteiger partial charge on any atom is -0.489 e. The molecular weight excluding hydrogens is 353 g/mol. The van der Waals surface area contributed by atoms with Gasteiger partial charge in [0, 0.05) is 24.4 Å². The van der Waals surface area contributed by atoms with Crippen LogP contribution in [-0.4, -0.2) is 16.4 Å². The first kappa shape index (κ1) is 17.4. The zero-order valence-corrected chi connectivity index (χ0v) is 14.8. The maximum absolute atomic E-state index is 13.3. The van der Waals surface area contributed by atoms with E-state index in [-0.39, 0.29) is 0 Å². The Balaban J connectivity index is 1.94. The van der Waals surface area contributed by atoms with Gasteiger partial charge in [0.1, 0.15) is 12.4 Å². The van der Waals surface area contributed by atoms with Crippen molar-refractivity contribution in [3.05, 3.63) is 77.0 Å². The fourth-order valence-electron chi connectivity index (χ4n) is 3.36. The molecule has 6 heteroatoms. The molecule has 0 saturated heterocycles. The number of hydrogen-bond donors (Lipinski definition) is 0. The largest absolute Gasteiger partial charge is 0.489 e. The highest BCUT2D eigenvalue weighted by atomic mass is 19.4. The van der Waals surface area contributed by atoms with E-state index in [2.05, 4.69) is 5.10 Å². The molecule has 0 aliphatic carbocycles. The van der Waals surface area contributed by atoms with Gasteiger partial charge >= 0.3 is 6.18 Å². The summed E-state index contributed by atoms with van der Waals surface area (Å²) in [6.07, 6.45) is -0.930. The van der Waals surface area contributed by atoms with Gasteiger partial charge in [-0.25, -0.2) is 0 Å². The summed E-state index contributed by atoms with van der Waals surface area (Å²) in [4.78, 5) is 0. The molecule has 4 rings (SSSR count). The van der Waals surface area contributed by atoms with Gasteiger partial charge in [-0.3, -0.25) is 4.68 Å². The molecule has 0 saturated carbocycles. The molecule has 1 aliphatic rings. The highest BCUT2D eigenvalue weighted by molar-refractivity contribution is 5.91. The van der Waals surface area contributed by atoms with Crippen molar-refractivity contribution in [3.63, 3.8) is 0 Å². The Labute approximate surface area is 154 Å². The second-order valence-electron chi connectivity index (χ2n) is 6.53. The highest BCUT2D eigenvalue weighted by Crippen LogP contribution is 2.41. The third kappa shape index (κ3) is 3.12. The Morgan fingerprint density at radius 1 is 1.00 bits per heavy atom. The number of alkyl halides is 3. The second kappa shape index (κ2) is 6.30. The summed E-state index contributed by atoms with van der Waals surface area (Å²) < 4.78 is 47.2. The smallest absolute Gasteiger partial charge is 0.416 e. The monoisotopic (exact) mass is 370 g/mol. The van der Waals surface area contributed by atoms with Crippen molar-refractivity contribution in [2.45, 2.75) is 13.1 Å². The summed E-state index contributed by atoms with van der Waals surface area (Å²) in [6, 6.07) is 11.4. The zero-order chi connectivity index (χ0) is 19.2. The molecule has 0 bridgehead atoms. The van der Waals surface area contributed by atoms with Crippen LogP contribution in [0.3, 0.4) is 0 Å². The number of benzene rings is 2. The lowest BCUT2D eigenvalue weighted by molar-refractivity contribution is -0.137. The Morgan fingerprint density at radius 2 is 1.78 bits per heavy atom. The van der Waals surface area contributed by atoms with E-state index in [0.29, 0.717) is 17.9 Å². The summed E-state index contributed by atoms with van der Waals surface area (Å²) in [5.41, 5.74) is 3.95. The van der Waals surface area contributed by atoms with Crippen LogP contribution in [0, 0.1) is 6.92 Å². The molecule has 138 valence electrons. The van der Waals surface area contributed by atoms with Crippen molar-refractivity contribution < 1.29 is 17.9 Å². The average molecular weight is 370 g/mol. The standard InChI is InChI=1S/C21H17F3N2O/c1-13-3-5-17-16(8-10-27-20(17)11-13)15-6-4-14(21(22,23)24)12-18(15)19-7-9-25-26(19)2/h3-9,11-12H,10H2,1-2H3. The summed E-state index contributed by atoms with van der Waals surface area (Å²) in [5.74, 6) is 0.739. The maximum atomic E-state index is 13.3. The normalized spacial score (nSPS) is 13.7. The van der Waals surface area contributed by atoms with E-state index in [1.54, 1.807) is 24.0 Å². The molecule has 0 atom stereocenters. The zero-order valence-electron chi connectivity index (χ0n) is 14.8. The summed E-state index contributed by atoms with van der Waals surface area (Å²) in [6.45, 7) is 2.35. The van der Waals surface area contributed by atoms with Crippen molar-refractivity contribution in [1.29, 1.82) is 0 Å². The number of halogens is 3. The van der Waals surface area contributed by atoms with Gasteiger partial charge in [0.25, 0.3) is 0 Å². The van der Waals surface area contributed by atoms with Crippen LogP contribution in [0.4, 0.5) is 13.2 Å². The number of nitrogens with zero attached hydrogens (tertiary/aromatic N) is 2. The van der Waals surface area contributed by atoms with Crippen LogP contribution in [0.5, 0.6) is 5.75 Å². The number of aryl methyl sites for hydroxylation is 2. The fourth-order valence-corrected chi connectivity index (χ4v) is 3.36. The van der Waals surface area contributed by atoms with Gasteiger partial charge in [-0.05, 0) is 54.0 Å². The minimum atomic E-state index is -4.41. The predicted molar refractivity (Wildman–Crippen MR) is 97.4 cm³/mol. The van der Waals surface area contributed by atoms with Crippen molar-refractivity contribution in [3.8, 4) is 17.0 Å². The molecule has 3 nitrogen and oxygen atoms in total. The quantitative estimate of drug-likeness (QED) is 0.617. The van der Waals surface area contributed by atoms with E-state index in [0.717, 1.165) is 34.1 Å². The molecular formula is C21H17F3N2O. The van der Waals surface area contributed by atoms with Crippen LogP contribution in [0.25, 0.3) is 16.8 Å². The number of hydrogen-bond acceptors (Lipinski definition) is 2. The van der Waals surface area contributed by atoms with Crippen LogP contribution in [0.1, 0.15) is 22.3 Å². The molecule has 0 spiro atoms. The number of aromatic nitrogens is 2. The lowest BCUT2D eigenvalue weighted by atomic mass is 9.89. The van der Waals surface area contributed by atoms with E-state index in [1.165, 1.54) is 12.1 Å². The van der Waals surface area contributed by atoms with Crippen LogP contribution >= 0.6 is 0 Å². The first-order valence-corrected chi connectivity index (χ1v) is 8.48. The number of fused-ring (bicyclic) bond motifs is 1. The third-order valence-electron chi connectivity index (χ3n) is 4.69. The molecule has 0 fully saturated rings. The van der Waals surface area contributed by atoms with Gasteiger partial charge < -0.3 is 4.74 Å². The molecule has 0 radical (unpaired) electrons. The van der Waals surface area contributed by atoms with E-state index in [9.17, 15) is 13.2 Å². The SMILES string of the molecule is Cc1ccc2c(c1)OCC=C2c1ccc(C(F)(F)F)cc1-c1ccnn1C. The van der Waals surface area contributed by atoms with Gasteiger partial charge in [0.2, 0.25) is 0 Å². The van der Waals surface area contributed by atoms with Crippen molar-refractivity contribution in [2.75, 3.05) is 6.61 Å². The Hall–Kier alpha value is -3.02. The molecule has 1 aliphatic heterocycles. The van der Waals surface area contributed by atoms with E-state index in [4.69, 9.17) is 4.74 Å². The lowest BCUT2D eigenvalue weighted by Gasteiger charge is -2.22. The topological polar surface area (TPSA) is 27.1 Å². The van der Waals surface area contributed by atoms with Gasteiger partial charge in [-0.2, -0.15) is 18.3 Å². The number of ether oxygens (including phenoxy) is 1. The van der Waals surface area contributed by atoms with E-state index >= 15 is 0 Å². The van der Waals surface area contributed by atoms with Gasteiger partial charge in [-0.15, -0.1) is 0 Å². The lowest BCUT2D eigenvalue weighted by Crippen LogP contribution is -2.09. The van der Waals surface area contributed by atoms with Crippen LogP contribution in [0.2, 0.25) is 0 Å². The Kier molecular flexibility index (Phi) is 4.06. The maximum Gasteiger partial charge on any atom is 0.416 e. The van der Waals surface area contributed by atoms with Gasteiger partial charge in [-0.1, -0.05) is 18.2 Å². The molecule has 27 heavy (non-hydrogen) atoms. The third-order valence-corrected chi connectivity index (χ3v) is 4.69. The molecule has 1 aromatic heterocycles. The summed E-state index contributed by atoms with van der Waals surface area (Å²) >= 11 is 0. The first-order chi connectivity index (χ1) is 12.8. The minimum absolute atomic E-state index is 0.373. The number of rotatable bonds is 2. The molecule has 0 unspecified atom stereocenters. The molecule has 0 amide bonds. The molecule has 0 N–H and O–H groups in total. The molecule has 3 aromatic rings. The summed E-state index contributed by atoms with van der Waals surface area (Å²) in [5, 5.41) is 4.12. The van der Waals surface area contributed by atoms with Gasteiger partial charge in [0.15, 0.2) is 0 Å². The van der Waals surface area contributed by atoms with Crippen molar-refractivity contribution in [1.82, 2.24) is 9.78 Å². The van der Waals surface area contributed by atoms with Crippen molar-refractivity contribution >= 4 is 5.57 Å². The van der Waals surface area contributed by atoms with Crippen LogP contribution < -0.4 is 4.74 Å². The van der Waals surface area contributed by atoms with Gasteiger partial charge in [0.05, 0.1) is 11.3 Å². The Morgan fingerprint density at radius 3 is 2.48 bits per heavy atom. The Bertz CT molecular complexity index is 1050. The van der Waals surface area contributed by atoms with Crippen molar-refractivity contribution in [2.24, 2.45) is 7.05 Å². The first-order valence-electron chi connectivity index (χ1n) is 8.48. The fraction of sp³-hybridized carbons (Fsp3) is 0.190. The molecule has 2 aromatic carbocycles. The predicted octanol–water partition coefficient (Wildman–Crippen LogP) is 5.24. The van der Waals surface area contributed by atoms with E-state index in [1.807, 2.05) is 31.2 Å². The average Bonchev–Trinajstić information content (AvgIpc) is 3.05. The summed E-state index contributed by atoms with van der Waals surface area (Å²) in [7, 11) is 1.72.